The van der Waals surface area contributed by atoms with Crippen molar-refractivity contribution in [2.45, 2.75) is 6.42 Å². The van der Waals surface area contributed by atoms with Gasteiger partial charge in [0.1, 0.15) is 5.69 Å². The predicted octanol–water partition coefficient (Wildman–Crippen LogP) is 2.52. The lowest BCUT2D eigenvalue weighted by molar-refractivity contribution is 0.0946. The van der Waals surface area contributed by atoms with Crippen molar-refractivity contribution in [1.82, 2.24) is 19.9 Å². The molecule has 22 heavy (non-hydrogen) atoms. The van der Waals surface area contributed by atoms with Crippen LogP contribution in [-0.4, -0.2) is 27.0 Å². The number of hydrogen-bond donors (Lipinski definition) is 1. The minimum Gasteiger partial charge on any atom is -0.350 e. The Morgan fingerprint density at radius 3 is 2.91 bits per heavy atom. The van der Waals surface area contributed by atoms with Gasteiger partial charge in [-0.1, -0.05) is 6.07 Å². The summed E-state index contributed by atoms with van der Waals surface area (Å²) in [5.41, 5.74) is 2.42. The standard InChI is InChI=1S/C16H16N4OS/c1-20-10-4-6-14(20)16(21)18-9-7-15-19-13(11-22-15)12-5-2-3-8-17-12/h2-6,8,10-11H,7,9H2,1H3,(H,18,21). The summed E-state index contributed by atoms with van der Waals surface area (Å²) in [6.45, 7) is 0.569. The van der Waals surface area contributed by atoms with Crippen molar-refractivity contribution in [1.29, 1.82) is 0 Å². The number of aromatic nitrogens is 3. The molecule has 0 unspecified atom stereocenters. The van der Waals surface area contributed by atoms with Crippen LogP contribution < -0.4 is 5.32 Å². The molecule has 0 radical (unpaired) electrons. The molecule has 0 aromatic carbocycles. The Balaban J connectivity index is 1.56. The molecule has 0 saturated heterocycles. The summed E-state index contributed by atoms with van der Waals surface area (Å²) >= 11 is 1.59. The van der Waals surface area contributed by atoms with E-state index >= 15 is 0 Å². The number of rotatable bonds is 5. The first kappa shape index (κ1) is 14.5. The normalized spacial score (nSPS) is 10.6. The van der Waals surface area contributed by atoms with E-state index in [1.807, 2.05) is 42.9 Å². The fraction of sp³-hybridized carbons (Fsp3) is 0.188. The third-order valence-corrected chi connectivity index (χ3v) is 4.19. The predicted molar refractivity (Wildman–Crippen MR) is 86.8 cm³/mol. The molecule has 3 rings (SSSR count). The quantitative estimate of drug-likeness (QED) is 0.787. The number of aryl methyl sites for hydroxylation is 1. The second-order valence-electron chi connectivity index (χ2n) is 4.85. The number of pyridine rings is 1. The summed E-state index contributed by atoms with van der Waals surface area (Å²) in [7, 11) is 1.86. The number of hydrogen-bond acceptors (Lipinski definition) is 4. The second kappa shape index (κ2) is 6.53. The average molecular weight is 312 g/mol. The van der Waals surface area contributed by atoms with E-state index in [0.29, 0.717) is 18.7 Å². The summed E-state index contributed by atoms with van der Waals surface area (Å²) in [5.74, 6) is -0.0611. The van der Waals surface area contributed by atoms with Crippen LogP contribution in [0.15, 0.2) is 48.1 Å². The van der Waals surface area contributed by atoms with E-state index in [1.165, 1.54) is 0 Å². The second-order valence-corrected chi connectivity index (χ2v) is 5.79. The van der Waals surface area contributed by atoms with Crippen LogP contribution in [0.5, 0.6) is 0 Å². The molecule has 1 N–H and O–H groups in total. The van der Waals surface area contributed by atoms with Gasteiger partial charge in [0, 0.05) is 37.8 Å². The van der Waals surface area contributed by atoms with Crippen molar-refractivity contribution < 1.29 is 4.79 Å². The third-order valence-electron chi connectivity index (χ3n) is 3.28. The average Bonchev–Trinajstić information content (AvgIpc) is 3.17. The van der Waals surface area contributed by atoms with Crippen LogP contribution in [0.25, 0.3) is 11.4 Å². The Kier molecular flexibility index (Phi) is 4.29. The van der Waals surface area contributed by atoms with Gasteiger partial charge in [-0.3, -0.25) is 9.78 Å². The lowest BCUT2D eigenvalue weighted by Gasteiger charge is -2.04. The Morgan fingerprint density at radius 1 is 1.27 bits per heavy atom. The number of carbonyl (C=O) groups is 1. The molecule has 0 aliphatic heterocycles. The summed E-state index contributed by atoms with van der Waals surface area (Å²) in [6.07, 6.45) is 4.33. The zero-order valence-electron chi connectivity index (χ0n) is 12.2. The van der Waals surface area contributed by atoms with Gasteiger partial charge in [-0.25, -0.2) is 4.98 Å². The Bertz CT molecular complexity index is 763. The molecule has 0 bridgehead atoms. The van der Waals surface area contributed by atoms with Gasteiger partial charge in [-0.15, -0.1) is 11.3 Å². The molecule has 3 aromatic heterocycles. The van der Waals surface area contributed by atoms with Gasteiger partial charge in [0.15, 0.2) is 0 Å². The van der Waals surface area contributed by atoms with Crippen LogP contribution in [0.4, 0.5) is 0 Å². The van der Waals surface area contributed by atoms with Crippen molar-refractivity contribution in [2.75, 3.05) is 6.54 Å². The first-order valence-electron chi connectivity index (χ1n) is 6.99. The summed E-state index contributed by atoms with van der Waals surface area (Å²) in [6, 6.07) is 9.43. The SMILES string of the molecule is Cn1cccc1C(=O)NCCc1nc(-c2ccccn2)cs1. The fourth-order valence-electron chi connectivity index (χ4n) is 2.13. The van der Waals surface area contributed by atoms with E-state index in [0.717, 1.165) is 16.4 Å². The first-order chi connectivity index (χ1) is 10.7. The highest BCUT2D eigenvalue weighted by atomic mass is 32.1. The van der Waals surface area contributed by atoms with Gasteiger partial charge in [-0.05, 0) is 24.3 Å². The zero-order valence-corrected chi connectivity index (χ0v) is 13.0. The van der Waals surface area contributed by atoms with Crippen LogP contribution in [-0.2, 0) is 13.5 Å². The topological polar surface area (TPSA) is 59.8 Å². The Morgan fingerprint density at radius 2 is 2.18 bits per heavy atom. The van der Waals surface area contributed by atoms with Crippen LogP contribution in [0.1, 0.15) is 15.5 Å². The molecule has 0 aliphatic rings. The molecular formula is C16H16N4OS. The molecule has 1 amide bonds. The van der Waals surface area contributed by atoms with E-state index in [-0.39, 0.29) is 5.91 Å². The van der Waals surface area contributed by atoms with Gasteiger partial charge in [0.25, 0.3) is 5.91 Å². The van der Waals surface area contributed by atoms with Crippen molar-refractivity contribution in [3.63, 3.8) is 0 Å². The molecule has 5 nitrogen and oxygen atoms in total. The van der Waals surface area contributed by atoms with Crippen molar-refractivity contribution >= 4 is 17.2 Å². The highest BCUT2D eigenvalue weighted by Crippen LogP contribution is 2.19. The third kappa shape index (κ3) is 3.23. The summed E-state index contributed by atoms with van der Waals surface area (Å²) < 4.78 is 1.80. The van der Waals surface area contributed by atoms with Gasteiger partial charge in [-0.2, -0.15) is 0 Å². The van der Waals surface area contributed by atoms with Gasteiger partial charge >= 0.3 is 0 Å². The molecule has 112 valence electrons. The summed E-state index contributed by atoms with van der Waals surface area (Å²) in [4.78, 5) is 20.8. The van der Waals surface area contributed by atoms with E-state index < -0.39 is 0 Å². The molecular weight excluding hydrogens is 296 g/mol. The molecule has 0 atom stereocenters. The Labute approximate surface area is 132 Å². The molecule has 0 aliphatic carbocycles. The maximum atomic E-state index is 12.0. The van der Waals surface area contributed by atoms with Crippen molar-refractivity contribution in [3.8, 4) is 11.4 Å². The number of thiazole rings is 1. The lowest BCUT2D eigenvalue weighted by Crippen LogP contribution is -2.27. The van der Waals surface area contributed by atoms with Crippen LogP contribution >= 0.6 is 11.3 Å². The fourth-order valence-corrected chi connectivity index (χ4v) is 2.92. The number of carbonyl (C=O) groups excluding carboxylic acids is 1. The number of nitrogens with zero attached hydrogens (tertiary/aromatic N) is 3. The largest absolute Gasteiger partial charge is 0.350 e. The highest BCUT2D eigenvalue weighted by Gasteiger charge is 2.09. The smallest absolute Gasteiger partial charge is 0.267 e. The van der Waals surface area contributed by atoms with E-state index in [4.69, 9.17) is 0 Å². The highest BCUT2D eigenvalue weighted by molar-refractivity contribution is 7.09. The van der Waals surface area contributed by atoms with Crippen LogP contribution in [0, 0.1) is 0 Å². The molecule has 3 aromatic rings. The molecule has 0 spiro atoms. The zero-order chi connectivity index (χ0) is 15.4. The minimum absolute atomic E-state index is 0.0611. The monoisotopic (exact) mass is 312 g/mol. The van der Waals surface area contributed by atoms with Gasteiger partial charge in [0.05, 0.1) is 16.4 Å². The van der Waals surface area contributed by atoms with Crippen LogP contribution in [0.3, 0.4) is 0 Å². The number of nitrogens with one attached hydrogen (secondary N) is 1. The van der Waals surface area contributed by atoms with Crippen LogP contribution in [0.2, 0.25) is 0 Å². The van der Waals surface area contributed by atoms with Crippen molar-refractivity contribution in [2.24, 2.45) is 7.05 Å². The van der Waals surface area contributed by atoms with Gasteiger partial charge in [0.2, 0.25) is 0 Å². The van der Waals surface area contributed by atoms with Gasteiger partial charge < -0.3 is 9.88 Å². The first-order valence-corrected chi connectivity index (χ1v) is 7.87. The maximum Gasteiger partial charge on any atom is 0.267 e. The molecule has 0 saturated carbocycles. The van der Waals surface area contributed by atoms with E-state index in [2.05, 4.69) is 15.3 Å². The van der Waals surface area contributed by atoms with E-state index in [9.17, 15) is 4.79 Å². The van der Waals surface area contributed by atoms with E-state index in [1.54, 1.807) is 28.2 Å². The Hall–Kier alpha value is -2.47. The lowest BCUT2D eigenvalue weighted by atomic mass is 10.3. The molecule has 0 fully saturated rings. The molecule has 3 heterocycles. The maximum absolute atomic E-state index is 12.0. The number of amides is 1. The summed E-state index contributed by atoms with van der Waals surface area (Å²) in [5, 5.41) is 5.90. The minimum atomic E-state index is -0.0611. The van der Waals surface area contributed by atoms with Crippen molar-refractivity contribution in [3.05, 3.63) is 58.8 Å². The molecule has 6 heteroatoms.